The monoisotopic (exact) mass is 374 g/mol. The molecule has 3 nitrogen and oxygen atoms in total. The lowest BCUT2D eigenvalue weighted by Gasteiger charge is -2.51. The molecule has 0 amide bonds. The van der Waals surface area contributed by atoms with Crippen LogP contribution in [0.3, 0.4) is 0 Å². The van der Waals surface area contributed by atoms with Gasteiger partial charge in [0.2, 0.25) is 0 Å². The van der Waals surface area contributed by atoms with Crippen molar-refractivity contribution in [2.24, 2.45) is 16.7 Å². The van der Waals surface area contributed by atoms with Crippen LogP contribution in [-0.4, -0.2) is 24.1 Å². The van der Waals surface area contributed by atoms with Crippen molar-refractivity contribution in [2.45, 2.75) is 82.8 Å². The van der Waals surface area contributed by atoms with Gasteiger partial charge in [0.15, 0.2) is 0 Å². The highest BCUT2D eigenvalue weighted by atomic mass is 32.2. The molecule has 2 saturated carbocycles. The molecule has 24 heavy (non-hydrogen) atoms. The third kappa shape index (κ3) is 2.68. The number of alkyl halides is 4. The van der Waals surface area contributed by atoms with Crippen molar-refractivity contribution in [2.75, 3.05) is 0 Å². The second-order valence-electron chi connectivity index (χ2n) is 7.78. The summed E-state index contributed by atoms with van der Waals surface area (Å²) in [5.74, 6) is -4.58. The highest BCUT2D eigenvalue weighted by molar-refractivity contribution is 7.87. The minimum absolute atomic E-state index is 0.175. The number of unbranched alkanes of at least 4 members (excludes halogenated alkanes) is 2. The van der Waals surface area contributed by atoms with E-state index in [1.54, 1.807) is 0 Å². The van der Waals surface area contributed by atoms with Gasteiger partial charge in [-0.25, -0.2) is 0 Å². The molecule has 0 spiro atoms. The Bertz CT molecular complexity index is 568. The number of hydrogen-bond acceptors (Lipinski definition) is 2. The molecule has 0 aromatic heterocycles. The maximum absolute atomic E-state index is 15.0. The number of fused-ring (bicyclic) bond motifs is 2. The Morgan fingerprint density at radius 1 is 1.12 bits per heavy atom. The summed E-state index contributed by atoms with van der Waals surface area (Å²) in [7, 11) is -6.21. The molecule has 2 bridgehead atoms. The maximum Gasteiger partial charge on any atom is 0.432 e. The summed E-state index contributed by atoms with van der Waals surface area (Å²) in [6.45, 7) is 2.98. The molecule has 2 fully saturated rings. The molecule has 0 aromatic carbocycles. The van der Waals surface area contributed by atoms with Crippen LogP contribution in [0.15, 0.2) is 0 Å². The van der Waals surface area contributed by atoms with Crippen LogP contribution in [0.1, 0.15) is 71.6 Å². The molecule has 0 radical (unpaired) electrons. The zero-order chi connectivity index (χ0) is 18.4. The van der Waals surface area contributed by atoms with E-state index in [-0.39, 0.29) is 12.3 Å². The molecular formula is C16H26F4O3S. The van der Waals surface area contributed by atoms with Gasteiger partial charge in [-0.2, -0.15) is 26.0 Å². The second-order valence-corrected chi connectivity index (χ2v) is 9.25. The Kier molecular flexibility index (Phi) is 5.08. The molecular weight excluding hydrogens is 348 g/mol. The summed E-state index contributed by atoms with van der Waals surface area (Å²) >= 11 is 0. The molecule has 142 valence electrons. The van der Waals surface area contributed by atoms with Crippen molar-refractivity contribution in [3.05, 3.63) is 0 Å². The summed E-state index contributed by atoms with van der Waals surface area (Å²) in [6.07, 6.45) is 4.21. The predicted octanol–water partition coefficient (Wildman–Crippen LogP) is 5.27. The van der Waals surface area contributed by atoms with Gasteiger partial charge in [0.25, 0.3) is 0 Å². The minimum atomic E-state index is -6.21. The van der Waals surface area contributed by atoms with Crippen LogP contribution in [0.5, 0.6) is 0 Å². The standard InChI is InChI=1S/C16H26F4O3S/c1-3-4-5-8-13(2,14-9-6-12(11-14)7-10-14)15(17,18)16(19,20)24(21,22)23/h12H,3-11H2,1-2H3,(H,21,22,23). The number of halogens is 4. The molecule has 8 heteroatoms. The fourth-order valence-corrected chi connectivity index (χ4v) is 5.48. The van der Waals surface area contributed by atoms with E-state index in [1.165, 1.54) is 0 Å². The van der Waals surface area contributed by atoms with E-state index < -0.39 is 32.1 Å². The van der Waals surface area contributed by atoms with Gasteiger partial charge >= 0.3 is 21.3 Å². The van der Waals surface area contributed by atoms with Crippen LogP contribution in [0.4, 0.5) is 17.6 Å². The average molecular weight is 374 g/mol. The lowest BCUT2D eigenvalue weighted by atomic mass is 9.57. The highest BCUT2D eigenvalue weighted by Crippen LogP contribution is 2.70. The first kappa shape index (κ1) is 19.9. The normalized spacial score (nSPS) is 30.5. The van der Waals surface area contributed by atoms with Gasteiger partial charge in [-0.05, 0) is 49.9 Å². The Morgan fingerprint density at radius 2 is 1.67 bits per heavy atom. The summed E-state index contributed by atoms with van der Waals surface area (Å²) < 4.78 is 89.0. The molecule has 0 aliphatic heterocycles. The highest BCUT2D eigenvalue weighted by Gasteiger charge is 2.77. The number of rotatable bonds is 8. The molecule has 2 aliphatic rings. The van der Waals surface area contributed by atoms with Gasteiger partial charge < -0.3 is 0 Å². The van der Waals surface area contributed by atoms with Crippen LogP contribution in [0, 0.1) is 16.7 Å². The fourth-order valence-electron chi connectivity index (χ4n) is 4.93. The first-order valence-electron chi connectivity index (χ1n) is 8.57. The number of hydrogen-bond donors (Lipinski definition) is 1. The van der Waals surface area contributed by atoms with Gasteiger partial charge in [-0.15, -0.1) is 0 Å². The third-order valence-corrected chi connectivity index (χ3v) is 7.48. The SMILES string of the molecule is CCCCCC(C)(C12CCC(CC1)C2)C(F)(F)C(F)(F)S(=O)(=O)O. The summed E-state index contributed by atoms with van der Waals surface area (Å²) in [5.41, 5.74) is -3.15. The Hall–Kier alpha value is -0.370. The van der Waals surface area contributed by atoms with Gasteiger partial charge in [-0.1, -0.05) is 33.1 Å². The molecule has 2 rings (SSSR count). The summed E-state index contributed by atoms with van der Waals surface area (Å²) in [5, 5.41) is -5.49. The Balaban J connectivity index is 2.49. The zero-order valence-electron chi connectivity index (χ0n) is 14.1. The summed E-state index contributed by atoms with van der Waals surface area (Å²) in [4.78, 5) is 0. The smallest absolute Gasteiger partial charge is 0.281 e. The molecule has 0 saturated heterocycles. The van der Waals surface area contributed by atoms with Crippen molar-refractivity contribution < 1.29 is 30.5 Å². The molecule has 1 unspecified atom stereocenters. The molecule has 0 heterocycles. The van der Waals surface area contributed by atoms with Crippen molar-refractivity contribution in [3.63, 3.8) is 0 Å². The molecule has 1 atom stereocenters. The zero-order valence-corrected chi connectivity index (χ0v) is 14.9. The van der Waals surface area contributed by atoms with Gasteiger partial charge in [0, 0.05) is 5.41 Å². The van der Waals surface area contributed by atoms with Crippen LogP contribution < -0.4 is 0 Å². The van der Waals surface area contributed by atoms with Crippen LogP contribution in [-0.2, 0) is 10.1 Å². The van der Waals surface area contributed by atoms with Crippen LogP contribution in [0.25, 0.3) is 0 Å². The van der Waals surface area contributed by atoms with E-state index in [4.69, 9.17) is 4.55 Å². The Morgan fingerprint density at radius 3 is 2.04 bits per heavy atom. The Labute approximate surface area is 140 Å². The lowest BCUT2D eigenvalue weighted by Crippen LogP contribution is -2.61. The fraction of sp³-hybridized carbons (Fsp3) is 1.00. The van der Waals surface area contributed by atoms with Gasteiger partial charge in [0.1, 0.15) is 0 Å². The van der Waals surface area contributed by atoms with E-state index in [1.807, 2.05) is 6.92 Å². The van der Waals surface area contributed by atoms with Crippen LogP contribution in [0.2, 0.25) is 0 Å². The lowest BCUT2D eigenvalue weighted by molar-refractivity contribution is -0.263. The summed E-state index contributed by atoms with van der Waals surface area (Å²) in [6, 6.07) is 0. The van der Waals surface area contributed by atoms with Gasteiger partial charge in [-0.3, -0.25) is 4.55 Å². The van der Waals surface area contributed by atoms with Gasteiger partial charge in [0.05, 0.1) is 0 Å². The van der Waals surface area contributed by atoms with Crippen molar-refractivity contribution >= 4 is 10.1 Å². The molecule has 0 aromatic rings. The second kappa shape index (κ2) is 6.11. The first-order valence-corrected chi connectivity index (χ1v) is 10.0. The van der Waals surface area contributed by atoms with Crippen molar-refractivity contribution in [1.29, 1.82) is 0 Å². The van der Waals surface area contributed by atoms with Crippen molar-refractivity contribution in [3.8, 4) is 0 Å². The molecule has 2 aliphatic carbocycles. The van der Waals surface area contributed by atoms with E-state index in [2.05, 4.69) is 0 Å². The largest absolute Gasteiger partial charge is 0.432 e. The minimum Gasteiger partial charge on any atom is -0.281 e. The van der Waals surface area contributed by atoms with E-state index >= 15 is 0 Å². The third-order valence-electron chi connectivity index (χ3n) is 6.58. The molecule has 1 N–H and O–H groups in total. The van der Waals surface area contributed by atoms with Crippen LogP contribution >= 0.6 is 0 Å². The van der Waals surface area contributed by atoms with Crippen molar-refractivity contribution in [1.82, 2.24) is 0 Å². The quantitative estimate of drug-likeness (QED) is 0.358. The topological polar surface area (TPSA) is 54.4 Å². The van der Waals surface area contributed by atoms with E-state index in [0.717, 1.165) is 26.2 Å². The van der Waals surface area contributed by atoms with E-state index in [9.17, 15) is 26.0 Å². The first-order chi connectivity index (χ1) is 10.8. The predicted molar refractivity (Wildman–Crippen MR) is 82.7 cm³/mol. The maximum atomic E-state index is 15.0. The van der Waals surface area contributed by atoms with E-state index in [0.29, 0.717) is 32.1 Å². The average Bonchev–Trinajstić information content (AvgIpc) is 3.08.